The predicted molar refractivity (Wildman–Crippen MR) is 143 cm³/mol. The van der Waals surface area contributed by atoms with E-state index in [1.54, 1.807) is 18.2 Å². The Morgan fingerprint density at radius 2 is 1.51 bits per heavy atom. The monoisotopic (exact) mass is 497 g/mol. The summed E-state index contributed by atoms with van der Waals surface area (Å²) >= 11 is 12.5. The van der Waals surface area contributed by atoms with Crippen LogP contribution in [0.25, 0.3) is 16.7 Å². The van der Waals surface area contributed by atoms with Crippen LogP contribution in [0, 0.1) is 0 Å². The Morgan fingerprint density at radius 1 is 0.800 bits per heavy atom. The molecule has 0 aliphatic carbocycles. The topological polar surface area (TPSA) is 37.0 Å². The molecule has 5 aromatic rings. The lowest BCUT2D eigenvalue weighted by Crippen LogP contribution is -2.43. The smallest absolute Gasteiger partial charge is 0.210 e. The first kappa shape index (κ1) is 23.1. The normalized spacial score (nSPS) is 13.5. The highest BCUT2D eigenvalue weighted by Gasteiger charge is 2.33. The molecule has 0 aliphatic rings. The first-order valence-corrected chi connectivity index (χ1v) is 12.1. The zero-order valence-corrected chi connectivity index (χ0v) is 20.3. The van der Waals surface area contributed by atoms with E-state index in [4.69, 9.17) is 28.2 Å². The highest BCUT2D eigenvalue weighted by Crippen LogP contribution is 2.35. The summed E-state index contributed by atoms with van der Waals surface area (Å²) in [6, 6.07) is 33.2. The molecule has 0 bridgehead atoms. The lowest BCUT2D eigenvalue weighted by Gasteiger charge is -2.22. The molecule has 0 saturated carbocycles. The highest BCUT2D eigenvalue weighted by atomic mass is 35.5. The van der Waals surface area contributed by atoms with Gasteiger partial charge in [0.05, 0.1) is 16.5 Å². The van der Waals surface area contributed by atoms with Gasteiger partial charge in [-0.15, -0.1) is 0 Å². The summed E-state index contributed by atoms with van der Waals surface area (Å²) < 4.78 is 2.13. The minimum absolute atomic E-state index is 0.0860. The summed E-state index contributed by atoms with van der Waals surface area (Å²) in [6.07, 6.45) is 5.90. The minimum Gasteiger partial charge on any atom is -0.508 e. The van der Waals surface area contributed by atoms with Gasteiger partial charge < -0.3 is 5.11 Å². The van der Waals surface area contributed by atoms with E-state index in [0.717, 1.165) is 22.2 Å². The van der Waals surface area contributed by atoms with Gasteiger partial charge in [0.1, 0.15) is 11.5 Å². The van der Waals surface area contributed by atoms with Crippen molar-refractivity contribution in [2.75, 3.05) is 0 Å². The van der Waals surface area contributed by atoms with Crippen LogP contribution in [0.2, 0.25) is 10.0 Å². The van der Waals surface area contributed by atoms with Gasteiger partial charge in [-0.25, -0.2) is 4.98 Å². The lowest BCUT2D eigenvalue weighted by atomic mass is 9.87. The predicted octanol–water partition coefficient (Wildman–Crippen LogP) is 7.80. The molecular formula is C30H23Cl2N2O+. The summed E-state index contributed by atoms with van der Waals surface area (Å²) in [4.78, 5) is 5.03. The van der Waals surface area contributed by atoms with Gasteiger partial charge in [0.15, 0.2) is 12.4 Å². The Morgan fingerprint density at radius 3 is 2.29 bits per heavy atom. The van der Waals surface area contributed by atoms with Crippen molar-refractivity contribution in [3.63, 3.8) is 0 Å². The number of allylic oxidation sites excluding steroid dienone is 1. The molecule has 0 amide bonds. The number of halogens is 2. The molecule has 2 unspecified atom stereocenters. The number of nitrogens with zero attached hydrogens (tertiary/aromatic N) is 2. The van der Waals surface area contributed by atoms with Crippen LogP contribution in [0.1, 0.15) is 28.8 Å². The molecule has 35 heavy (non-hydrogen) atoms. The number of pyridine rings is 2. The molecule has 0 fully saturated rings. The van der Waals surface area contributed by atoms with Gasteiger partial charge >= 0.3 is 0 Å². The second-order valence-electron chi connectivity index (χ2n) is 8.31. The van der Waals surface area contributed by atoms with Gasteiger partial charge in [-0.1, -0.05) is 83.9 Å². The van der Waals surface area contributed by atoms with Crippen molar-refractivity contribution in [3.8, 4) is 0 Å². The Kier molecular flexibility index (Phi) is 6.80. The summed E-state index contributed by atoms with van der Waals surface area (Å²) in [5.74, 6) is -0.160. The zero-order chi connectivity index (χ0) is 24.2. The van der Waals surface area contributed by atoms with Crippen molar-refractivity contribution < 1.29 is 9.67 Å². The van der Waals surface area contributed by atoms with Crippen molar-refractivity contribution in [1.29, 1.82) is 0 Å². The van der Waals surface area contributed by atoms with Crippen LogP contribution in [0.4, 0.5) is 0 Å². The molecule has 1 N–H and O–H groups in total. The van der Waals surface area contributed by atoms with Crippen LogP contribution in [-0.2, 0) is 0 Å². The van der Waals surface area contributed by atoms with Crippen molar-refractivity contribution >= 4 is 39.9 Å². The van der Waals surface area contributed by atoms with Crippen molar-refractivity contribution in [2.45, 2.75) is 12.0 Å². The fraction of sp³-hybridized carbons (Fsp3) is 0.0667. The molecule has 0 saturated heterocycles. The fourth-order valence-corrected chi connectivity index (χ4v) is 4.87. The maximum absolute atomic E-state index is 11.2. The molecule has 3 nitrogen and oxygen atoms in total. The molecule has 2 aromatic heterocycles. The number of rotatable bonds is 6. The van der Waals surface area contributed by atoms with Gasteiger partial charge in [-0.3, -0.25) is 0 Å². The third-order valence-electron chi connectivity index (χ3n) is 6.05. The number of para-hydroxylation sites is 1. The molecule has 0 radical (unpaired) electrons. The van der Waals surface area contributed by atoms with Gasteiger partial charge in [-0.2, -0.15) is 4.57 Å². The van der Waals surface area contributed by atoms with Crippen molar-refractivity contribution in [1.82, 2.24) is 4.98 Å². The van der Waals surface area contributed by atoms with Gasteiger partial charge in [0.2, 0.25) is 6.04 Å². The largest absolute Gasteiger partial charge is 0.508 e. The molecule has 0 spiro atoms. The van der Waals surface area contributed by atoms with Crippen LogP contribution in [-0.4, -0.2) is 10.1 Å². The molecule has 5 rings (SSSR count). The highest BCUT2D eigenvalue weighted by molar-refractivity contribution is 6.35. The van der Waals surface area contributed by atoms with Crippen molar-refractivity contribution in [3.05, 3.63) is 148 Å². The quantitative estimate of drug-likeness (QED) is 0.192. The molecule has 2 atom stereocenters. The first-order chi connectivity index (χ1) is 17.1. The Hall–Kier alpha value is -3.66. The van der Waals surface area contributed by atoms with E-state index in [-0.39, 0.29) is 17.7 Å². The number of fused-ring (bicyclic) bond motifs is 1. The van der Waals surface area contributed by atoms with Crippen molar-refractivity contribution in [2.24, 2.45) is 0 Å². The van der Waals surface area contributed by atoms with Gasteiger partial charge in [-0.05, 0) is 42.0 Å². The minimum atomic E-state index is -0.246. The summed E-state index contributed by atoms with van der Waals surface area (Å²) in [7, 11) is 0. The van der Waals surface area contributed by atoms with E-state index in [0.29, 0.717) is 15.6 Å². The number of aliphatic hydroxyl groups excluding tert-OH is 1. The van der Waals surface area contributed by atoms with Gasteiger partial charge in [0, 0.05) is 28.1 Å². The summed E-state index contributed by atoms with van der Waals surface area (Å²) in [5, 5.41) is 13.2. The number of hydrogen-bond acceptors (Lipinski definition) is 2. The zero-order valence-electron chi connectivity index (χ0n) is 18.8. The van der Waals surface area contributed by atoms with Crippen LogP contribution in [0.5, 0.6) is 0 Å². The third-order valence-corrected chi connectivity index (χ3v) is 6.60. The number of hydrogen-bond donors (Lipinski definition) is 1. The maximum atomic E-state index is 11.2. The summed E-state index contributed by atoms with van der Waals surface area (Å²) in [5.41, 5.74) is 3.38. The van der Waals surface area contributed by atoms with E-state index < -0.39 is 0 Å². The second-order valence-corrected chi connectivity index (χ2v) is 9.15. The van der Waals surface area contributed by atoms with E-state index >= 15 is 0 Å². The standard InChI is InChI=1S/C30H22Cl2N2O/c31-23-14-15-24(26(32)19-23)29(35)20-25(21-9-3-1-4-10-21)30(34-17-7-2-8-18-34)28-16-13-22-11-5-6-12-27(22)33-28/h1-20,25,30H/p+1/b29-20-. The SMILES string of the molecule is O/C(=C\C(c1ccccc1)C(c1ccc2ccccc2n1)[n+]1ccccc1)c1ccc(Cl)cc1Cl. The van der Waals surface area contributed by atoms with Crippen LogP contribution in [0.15, 0.2) is 122 Å². The molecular weight excluding hydrogens is 475 g/mol. The average Bonchev–Trinajstić information content (AvgIpc) is 2.89. The van der Waals surface area contributed by atoms with Crippen LogP contribution >= 0.6 is 23.2 Å². The Bertz CT molecular complexity index is 1490. The van der Waals surface area contributed by atoms with E-state index in [1.165, 1.54) is 0 Å². The van der Waals surface area contributed by atoms with Crippen LogP contribution in [0.3, 0.4) is 0 Å². The number of aromatic nitrogens is 2. The third kappa shape index (κ3) is 5.07. The summed E-state index contributed by atoms with van der Waals surface area (Å²) in [6.45, 7) is 0. The number of benzene rings is 3. The molecule has 0 aliphatic heterocycles. The van der Waals surface area contributed by atoms with E-state index in [9.17, 15) is 5.11 Å². The van der Waals surface area contributed by atoms with Crippen LogP contribution < -0.4 is 4.57 Å². The van der Waals surface area contributed by atoms with E-state index in [2.05, 4.69) is 34.9 Å². The molecule has 172 valence electrons. The molecule has 3 aromatic carbocycles. The second kappa shape index (κ2) is 10.3. The van der Waals surface area contributed by atoms with Gasteiger partial charge in [0.25, 0.3) is 0 Å². The number of aliphatic hydroxyl groups is 1. The first-order valence-electron chi connectivity index (χ1n) is 11.3. The van der Waals surface area contributed by atoms with E-state index in [1.807, 2.05) is 73.1 Å². The average molecular weight is 498 g/mol. The Labute approximate surface area is 214 Å². The molecule has 2 heterocycles. The fourth-order valence-electron chi connectivity index (χ4n) is 4.37. The molecule has 5 heteroatoms. The lowest BCUT2D eigenvalue weighted by molar-refractivity contribution is -0.716. The maximum Gasteiger partial charge on any atom is 0.210 e. The Balaban J connectivity index is 1.71.